The molecular formula is C8H10O2. The second kappa shape index (κ2) is 4.59. The minimum atomic E-state index is -0.857. The van der Waals surface area contributed by atoms with Crippen LogP contribution in [0.5, 0.6) is 0 Å². The van der Waals surface area contributed by atoms with Crippen LogP contribution in [0.3, 0.4) is 0 Å². The van der Waals surface area contributed by atoms with Gasteiger partial charge in [0, 0.05) is 5.57 Å². The Morgan fingerprint density at radius 1 is 1.80 bits per heavy atom. The van der Waals surface area contributed by atoms with Crippen molar-refractivity contribution >= 4 is 5.97 Å². The Bertz CT molecular complexity index is 195. The van der Waals surface area contributed by atoms with Gasteiger partial charge in [-0.15, -0.1) is 5.73 Å². The van der Waals surface area contributed by atoms with Crippen molar-refractivity contribution in [2.75, 3.05) is 0 Å². The van der Waals surface area contributed by atoms with Gasteiger partial charge >= 0.3 is 5.97 Å². The molecule has 0 saturated heterocycles. The van der Waals surface area contributed by atoms with E-state index >= 15 is 0 Å². The molecule has 54 valence electrons. The van der Waals surface area contributed by atoms with Crippen LogP contribution in [0.2, 0.25) is 0 Å². The van der Waals surface area contributed by atoms with Gasteiger partial charge in [0.1, 0.15) is 0 Å². The van der Waals surface area contributed by atoms with Crippen molar-refractivity contribution in [1.82, 2.24) is 0 Å². The largest absolute Gasteiger partial charge is 0.481 e. The lowest BCUT2D eigenvalue weighted by Gasteiger charge is -1.89. The minimum absolute atomic E-state index is 0.00611. The van der Waals surface area contributed by atoms with Gasteiger partial charge in [0.25, 0.3) is 0 Å². The molecule has 0 atom stereocenters. The zero-order valence-electron chi connectivity index (χ0n) is 5.92. The van der Waals surface area contributed by atoms with Crippen LogP contribution in [0.25, 0.3) is 0 Å². The summed E-state index contributed by atoms with van der Waals surface area (Å²) in [7, 11) is 0. The Kier molecular flexibility index (Phi) is 4.01. The number of hydrogen-bond acceptors (Lipinski definition) is 1. The summed E-state index contributed by atoms with van der Waals surface area (Å²) in [5.74, 6) is -0.857. The van der Waals surface area contributed by atoms with E-state index < -0.39 is 5.97 Å². The monoisotopic (exact) mass is 138 g/mol. The summed E-state index contributed by atoms with van der Waals surface area (Å²) in [4.78, 5) is 10.1. The molecule has 0 radical (unpaired) electrons. The number of carboxylic acid groups (broad SMARTS) is 1. The van der Waals surface area contributed by atoms with Crippen LogP contribution < -0.4 is 0 Å². The molecular weight excluding hydrogens is 128 g/mol. The predicted molar refractivity (Wildman–Crippen MR) is 39.7 cm³/mol. The molecule has 0 fully saturated rings. The smallest absolute Gasteiger partial charge is 0.308 e. The third-order valence-corrected chi connectivity index (χ3v) is 0.918. The topological polar surface area (TPSA) is 37.3 Å². The molecule has 0 aliphatic rings. The van der Waals surface area contributed by atoms with Crippen LogP contribution in [0.1, 0.15) is 13.3 Å². The molecule has 2 heteroatoms. The van der Waals surface area contributed by atoms with Gasteiger partial charge in [0.2, 0.25) is 0 Å². The average molecular weight is 138 g/mol. The van der Waals surface area contributed by atoms with E-state index in [4.69, 9.17) is 5.11 Å². The molecule has 0 aliphatic carbocycles. The van der Waals surface area contributed by atoms with Crippen LogP contribution in [0.15, 0.2) is 30.0 Å². The highest BCUT2D eigenvalue weighted by molar-refractivity contribution is 5.70. The van der Waals surface area contributed by atoms with E-state index in [-0.39, 0.29) is 6.42 Å². The van der Waals surface area contributed by atoms with Crippen molar-refractivity contribution < 1.29 is 9.90 Å². The first-order chi connectivity index (χ1) is 4.70. The molecule has 10 heavy (non-hydrogen) atoms. The average Bonchev–Trinajstić information content (AvgIpc) is 1.86. The fraction of sp³-hybridized carbons (Fsp3) is 0.250. The van der Waals surface area contributed by atoms with Crippen LogP contribution >= 0.6 is 0 Å². The maximum atomic E-state index is 10.1. The molecule has 0 aromatic heterocycles. The normalized spacial score (nSPS) is 7.70. The van der Waals surface area contributed by atoms with E-state index in [9.17, 15) is 4.79 Å². The fourth-order valence-corrected chi connectivity index (χ4v) is 0.530. The molecule has 0 aliphatic heterocycles. The van der Waals surface area contributed by atoms with E-state index in [2.05, 4.69) is 12.3 Å². The highest BCUT2D eigenvalue weighted by atomic mass is 16.4. The molecule has 0 saturated carbocycles. The molecule has 1 N–H and O–H groups in total. The first-order valence-electron chi connectivity index (χ1n) is 2.95. The Balaban J connectivity index is 4.24. The maximum absolute atomic E-state index is 10.1. The highest BCUT2D eigenvalue weighted by Gasteiger charge is 1.97. The molecule has 0 heterocycles. The first kappa shape index (κ1) is 8.73. The van der Waals surface area contributed by atoms with Crippen molar-refractivity contribution in [3.05, 3.63) is 30.0 Å². The molecule has 0 rings (SSSR count). The molecule has 0 aromatic rings. The molecule has 0 bridgehead atoms. The summed E-state index contributed by atoms with van der Waals surface area (Å²) in [6.07, 6.45) is 3.15. The van der Waals surface area contributed by atoms with Crippen LogP contribution in [-0.2, 0) is 4.79 Å². The van der Waals surface area contributed by atoms with E-state index in [0.29, 0.717) is 5.57 Å². The van der Waals surface area contributed by atoms with Gasteiger partial charge in [-0.25, -0.2) is 0 Å². The van der Waals surface area contributed by atoms with Gasteiger partial charge in [-0.05, 0) is 13.0 Å². The second-order valence-electron chi connectivity index (χ2n) is 1.73. The lowest BCUT2D eigenvalue weighted by Crippen LogP contribution is -1.94. The summed E-state index contributed by atoms with van der Waals surface area (Å²) >= 11 is 0. The van der Waals surface area contributed by atoms with Crippen molar-refractivity contribution in [1.29, 1.82) is 0 Å². The zero-order valence-corrected chi connectivity index (χ0v) is 5.92. The quantitative estimate of drug-likeness (QED) is 0.476. The fourth-order valence-electron chi connectivity index (χ4n) is 0.530. The van der Waals surface area contributed by atoms with Gasteiger partial charge < -0.3 is 5.11 Å². The third kappa shape index (κ3) is 3.70. The third-order valence-electron chi connectivity index (χ3n) is 0.918. The summed E-state index contributed by atoms with van der Waals surface area (Å²) in [5, 5.41) is 8.32. The lowest BCUT2D eigenvalue weighted by atomic mass is 10.2. The molecule has 0 aromatic carbocycles. The van der Waals surface area contributed by atoms with Gasteiger partial charge in [-0.1, -0.05) is 12.7 Å². The highest BCUT2D eigenvalue weighted by Crippen LogP contribution is 1.98. The predicted octanol–water partition coefficient (Wildman–Crippen LogP) is 1.75. The van der Waals surface area contributed by atoms with Gasteiger partial charge in [0.15, 0.2) is 0 Å². The van der Waals surface area contributed by atoms with Gasteiger partial charge in [-0.3, -0.25) is 4.79 Å². The van der Waals surface area contributed by atoms with Crippen LogP contribution in [0, 0.1) is 0 Å². The molecule has 0 amide bonds. The van der Waals surface area contributed by atoms with Crippen LogP contribution in [0.4, 0.5) is 0 Å². The number of aliphatic carboxylic acids is 1. The first-order valence-corrected chi connectivity index (χ1v) is 2.95. The summed E-state index contributed by atoms with van der Waals surface area (Å²) in [6, 6.07) is 0. The van der Waals surface area contributed by atoms with Crippen molar-refractivity contribution in [2.45, 2.75) is 13.3 Å². The Hall–Kier alpha value is -1.27. The second-order valence-corrected chi connectivity index (χ2v) is 1.73. The number of allylic oxidation sites excluding steroid dienone is 1. The summed E-state index contributed by atoms with van der Waals surface area (Å²) in [6.45, 7) is 5.23. The van der Waals surface area contributed by atoms with E-state index in [1.165, 1.54) is 6.08 Å². The van der Waals surface area contributed by atoms with E-state index in [1.807, 2.05) is 0 Å². The number of hydrogen-bond donors (Lipinski definition) is 1. The molecule has 0 spiro atoms. The summed E-state index contributed by atoms with van der Waals surface area (Å²) in [5.41, 5.74) is 3.36. The van der Waals surface area contributed by atoms with Crippen molar-refractivity contribution in [2.24, 2.45) is 0 Å². The standard InChI is InChI=1S/C8H10O2/c1-3-5-7(4-2)6-8(9)10/h3-4H,2,6H2,1H3,(H,9,10). The Morgan fingerprint density at radius 2 is 2.40 bits per heavy atom. The lowest BCUT2D eigenvalue weighted by molar-refractivity contribution is -0.136. The number of rotatable bonds is 3. The van der Waals surface area contributed by atoms with Gasteiger partial charge in [-0.2, -0.15) is 0 Å². The summed E-state index contributed by atoms with van der Waals surface area (Å²) < 4.78 is 0. The van der Waals surface area contributed by atoms with Crippen molar-refractivity contribution in [3.63, 3.8) is 0 Å². The van der Waals surface area contributed by atoms with Gasteiger partial charge in [0.05, 0.1) is 6.42 Å². The molecule has 0 unspecified atom stereocenters. The molecule has 2 nitrogen and oxygen atoms in total. The van der Waals surface area contributed by atoms with E-state index in [0.717, 1.165) is 0 Å². The Morgan fingerprint density at radius 3 is 2.70 bits per heavy atom. The van der Waals surface area contributed by atoms with Crippen LogP contribution in [-0.4, -0.2) is 11.1 Å². The van der Waals surface area contributed by atoms with E-state index in [1.54, 1.807) is 13.0 Å². The zero-order chi connectivity index (χ0) is 7.98. The maximum Gasteiger partial charge on any atom is 0.308 e. The number of carbonyl (C=O) groups is 1. The number of carboxylic acids is 1. The van der Waals surface area contributed by atoms with Crippen molar-refractivity contribution in [3.8, 4) is 0 Å². The Labute approximate surface area is 60.2 Å². The minimum Gasteiger partial charge on any atom is -0.481 e. The SMILES string of the molecule is C=CC(=C=CC)CC(=O)O.